The highest BCUT2D eigenvalue weighted by Gasteiger charge is 2.25. The molecular formula is C17H25BrN2O3. The van der Waals surface area contributed by atoms with E-state index in [0.717, 1.165) is 4.47 Å². The van der Waals surface area contributed by atoms with Gasteiger partial charge in [0.25, 0.3) is 0 Å². The van der Waals surface area contributed by atoms with Crippen molar-refractivity contribution in [2.45, 2.75) is 52.7 Å². The second-order valence-electron chi connectivity index (χ2n) is 6.82. The Morgan fingerprint density at radius 2 is 1.74 bits per heavy atom. The molecule has 23 heavy (non-hydrogen) atoms. The first-order valence-electron chi connectivity index (χ1n) is 7.63. The van der Waals surface area contributed by atoms with E-state index in [1.165, 1.54) is 0 Å². The van der Waals surface area contributed by atoms with Crippen molar-refractivity contribution >= 4 is 33.6 Å². The Morgan fingerprint density at radius 3 is 2.22 bits per heavy atom. The number of carbonyl (C=O) groups excluding carboxylic acids is 2. The van der Waals surface area contributed by atoms with Gasteiger partial charge in [-0.2, -0.15) is 0 Å². The third kappa shape index (κ3) is 8.02. The lowest BCUT2D eigenvalue weighted by molar-refractivity contribution is -0.118. The van der Waals surface area contributed by atoms with Crippen LogP contribution in [0.2, 0.25) is 0 Å². The number of benzene rings is 1. The Balaban J connectivity index is 2.74. The highest BCUT2D eigenvalue weighted by atomic mass is 79.9. The number of carbonyl (C=O) groups is 2. The van der Waals surface area contributed by atoms with Crippen molar-refractivity contribution in [1.82, 2.24) is 5.32 Å². The summed E-state index contributed by atoms with van der Waals surface area (Å²) in [5.74, 6) is -0.00233. The number of hydrogen-bond donors (Lipinski definition) is 2. The molecule has 1 aromatic rings. The molecule has 0 aliphatic heterocycles. The Bertz CT molecular complexity index is 536. The van der Waals surface area contributed by atoms with Crippen LogP contribution in [0, 0.1) is 5.92 Å². The number of rotatable bonds is 5. The number of nitrogens with one attached hydrogen (secondary N) is 2. The molecule has 1 atom stereocenters. The summed E-state index contributed by atoms with van der Waals surface area (Å²) in [4.78, 5) is 24.4. The Labute approximate surface area is 146 Å². The number of alkyl carbamates (subject to hydrolysis) is 1. The molecule has 2 N–H and O–H groups in total. The van der Waals surface area contributed by atoms with Crippen molar-refractivity contribution in [1.29, 1.82) is 0 Å². The zero-order chi connectivity index (χ0) is 17.6. The van der Waals surface area contributed by atoms with Crippen LogP contribution in [-0.2, 0) is 9.53 Å². The van der Waals surface area contributed by atoms with Crippen LogP contribution in [0.25, 0.3) is 0 Å². The van der Waals surface area contributed by atoms with E-state index in [1.807, 2.05) is 26.0 Å². The first kappa shape index (κ1) is 19.5. The number of anilines is 1. The molecule has 1 rings (SSSR count). The predicted octanol–water partition coefficient (Wildman–Crippen LogP) is 4.33. The van der Waals surface area contributed by atoms with Crippen molar-refractivity contribution in [3.05, 3.63) is 28.7 Å². The van der Waals surface area contributed by atoms with Crippen LogP contribution >= 0.6 is 15.9 Å². The van der Waals surface area contributed by atoms with E-state index >= 15 is 0 Å². The summed E-state index contributed by atoms with van der Waals surface area (Å²) < 4.78 is 6.16. The number of amides is 2. The lowest BCUT2D eigenvalue weighted by Crippen LogP contribution is -2.46. The fraction of sp³-hybridized carbons (Fsp3) is 0.529. The molecule has 1 aromatic carbocycles. The molecule has 1 unspecified atom stereocenters. The lowest BCUT2D eigenvalue weighted by Gasteiger charge is -2.24. The van der Waals surface area contributed by atoms with Crippen molar-refractivity contribution < 1.29 is 14.3 Å². The SMILES string of the molecule is CC(C)CC(NC(=O)OC(C)(C)C)C(=O)Nc1ccc(Br)cc1. The van der Waals surface area contributed by atoms with E-state index in [-0.39, 0.29) is 11.8 Å². The highest BCUT2D eigenvalue weighted by Crippen LogP contribution is 2.15. The molecule has 0 aliphatic carbocycles. The molecule has 6 heteroatoms. The minimum absolute atomic E-state index is 0.255. The van der Waals surface area contributed by atoms with Crippen LogP contribution in [0.15, 0.2) is 28.7 Å². The van der Waals surface area contributed by atoms with Gasteiger partial charge in [-0.1, -0.05) is 29.8 Å². The molecule has 128 valence electrons. The summed E-state index contributed by atoms with van der Waals surface area (Å²) in [6.07, 6.45) is -0.0594. The zero-order valence-electron chi connectivity index (χ0n) is 14.3. The summed E-state index contributed by atoms with van der Waals surface area (Å²) in [7, 11) is 0. The van der Waals surface area contributed by atoms with Crippen LogP contribution in [-0.4, -0.2) is 23.6 Å². The molecule has 0 aliphatic rings. The lowest BCUT2D eigenvalue weighted by atomic mass is 10.0. The van der Waals surface area contributed by atoms with E-state index in [0.29, 0.717) is 12.1 Å². The normalized spacial score (nSPS) is 12.7. The third-order valence-corrected chi connectivity index (χ3v) is 3.35. The average Bonchev–Trinajstić information content (AvgIpc) is 2.38. The van der Waals surface area contributed by atoms with E-state index < -0.39 is 17.7 Å². The largest absolute Gasteiger partial charge is 0.444 e. The highest BCUT2D eigenvalue weighted by molar-refractivity contribution is 9.10. The van der Waals surface area contributed by atoms with Gasteiger partial charge in [0, 0.05) is 10.2 Å². The fourth-order valence-corrected chi connectivity index (χ4v) is 2.18. The molecule has 2 amide bonds. The Kier molecular flexibility index (Phi) is 7.06. The number of ether oxygens (including phenoxy) is 1. The Morgan fingerprint density at radius 1 is 1.17 bits per heavy atom. The summed E-state index contributed by atoms with van der Waals surface area (Å²) in [5.41, 5.74) is 0.0761. The summed E-state index contributed by atoms with van der Waals surface area (Å²) in [5, 5.41) is 5.47. The van der Waals surface area contributed by atoms with E-state index in [2.05, 4.69) is 26.6 Å². The van der Waals surface area contributed by atoms with Crippen molar-refractivity contribution in [2.24, 2.45) is 5.92 Å². The smallest absolute Gasteiger partial charge is 0.408 e. The summed E-state index contributed by atoms with van der Waals surface area (Å²) in [6, 6.07) is 6.63. The quantitative estimate of drug-likeness (QED) is 0.793. The predicted molar refractivity (Wildman–Crippen MR) is 95.4 cm³/mol. The molecule has 0 heterocycles. The second-order valence-corrected chi connectivity index (χ2v) is 7.74. The van der Waals surface area contributed by atoms with Crippen LogP contribution in [0.1, 0.15) is 41.0 Å². The van der Waals surface area contributed by atoms with Gasteiger partial charge in [0.2, 0.25) is 5.91 Å². The van der Waals surface area contributed by atoms with Crippen LogP contribution < -0.4 is 10.6 Å². The molecule has 0 radical (unpaired) electrons. The molecule has 5 nitrogen and oxygen atoms in total. The van der Waals surface area contributed by atoms with E-state index in [9.17, 15) is 9.59 Å². The molecule has 0 aromatic heterocycles. The van der Waals surface area contributed by atoms with Crippen molar-refractivity contribution in [3.63, 3.8) is 0 Å². The Hall–Kier alpha value is -1.56. The summed E-state index contributed by atoms with van der Waals surface area (Å²) >= 11 is 3.35. The van der Waals surface area contributed by atoms with Gasteiger partial charge in [-0.25, -0.2) is 4.79 Å². The van der Waals surface area contributed by atoms with Crippen LogP contribution in [0.3, 0.4) is 0 Å². The first-order valence-corrected chi connectivity index (χ1v) is 8.42. The number of halogens is 1. The van der Waals surface area contributed by atoms with Crippen molar-refractivity contribution in [3.8, 4) is 0 Å². The van der Waals surface area contributed by atoms with Crippen LogP contribution in [0.5, 0.6) is 0 Å². The van der Waals surface area contributed by atoms with Gasteiger partial charge in [-0.3, -0.25) is 4.79 Å². The summed E-state index contributed by atoms with van der Waals surface area (Å²) in [6.45, 7) is 9.34. The first-order chi connectivity index (χ1) is 10.6. The maximum absolute atomic E-state index is 12.4. The van der Waals surface area contributed by atoms with E-state index in [4.69, 9.17) is 4.74 Å². The fourth-order valence-electron chi connectivity index (χ4n) is 1.92. The monoisotopic (exact) mass is 384 g/mol. The van der Waals surface area contributed by atoms with Gasteiger partial charge in [-0.15, -0.1) is 0 Å². The second kappa shape index (κ2) is 8.34. The van der Waals surface area contributed by atoms with Gasteiger partial charge in [-0.05, 0) is 57.4 Å². The minimum atomic E-state index is -0.645. The standard InChI is InChI=1S/C17H25BrN2O3/c1-11(2)10-14(20-16(22)23-17(3,4)5)15(21)19-13-8-6-12(18)7-9-13/h6-9,11,14H,10H2,1-5H3,(H,19,21)(H,20,22). The maximum Gasteiger partial charge on any atom is 0.408 e. The molecule has 0 bridgehead atoms. The molecule has 0 saturated heterocycles. The van der Waals surface area contributed by atoms with Gasteiger partial charge < -0.3 is 15.4 Å². The van der Waals surface area contributed by atoms with Gasteiger partial charge in [0.1, 0.15) is 11.6 Å². The van der Waals surface area contributed by atoms with Crippen molar-refractivity contribution in [2.75, 3.05) is 5.32 Å². The van der Waals surface area contributed by atoms with E-state index in [1.54, 1.807) is 32.9 Å². The molecular weight excluding hydrogens is 360 g/mol. The van der Waals surface area contributed by atoms with Crippen LogP contribution in [0.4, 0.5) is 10.5 Å². The molecule has 0 saturated carbocycles. The number of hydrogen-bond acceptors (Lipinski definition) is 3. The minimum Gasteiger partial charge on any atom is -0.444 e. The van der Waals surface area contributed by atoms with Gasteiger partial charge in [0.15, 0.2) is 0 Å². The third-order valence-electron chi connectivity index (χ3n) is 2.83. The van der Waals surface area contributed by atoms with Gasteiger partial charge >= 0.3 is 6.09 Å². The average molecular weight is 385 g/mol. The zero-order valence-corrected chi connectivity index (χ0v) is 15.9. The molecule has 0 fully saturated rings. The van der Waals surface area contributed by atoms with Gasteiger partial charge in [0.05, 0.1) is 0 Å². The maximum atomic E-state index is 12.4. The molecule has 0 spiro atoms. The topological polar surface area (TPSA) is 67.4 Å².